The third-order valence-corrected chi connectivity index (χ3v) is 3.78. The molecule has 23 heavy (non-hydrogen) atoms. The summed E-state index contributed by atoms with van der Waals surface area (Å²) in [5.74, 6) is 0.873. The summed E-state index contributed by atoms with van der Waals surface area (Å²) in [5.41, 5.74) is 3.30. The van der Waals surface area contributed by atoms with Crippen LogP contribution in [0.1, 0.15) is 24.1 Å². The second-order valence-electron chi connectivity index (χ2n) is 5.54. The van der Waals surface area contributed by atoms with E-state index in [-0.39, 0.29) is 6.04 Å². The van der Waals surface area contributed by atoms with Crippen LogP contribution in [0.4, 0.5) is 5.69 Å². The molecule has 6 nitrogen and oxygen atoms in total. The third kappa shape index (κ3) is 3.53. The molecule has 0 fully saturated rings. The van der Waals surface area contributed by atoms with Gasteiger partial charge in [0.1, 0.15) is 5.75 Å². The molecule has 0 spiro atoms. The molecule has 6 heteroatoms. The quantitative estimate of drug-likeness (QED) is 0.760. The lowest BCUT2D eigenvalue weighted by Gasteiger charge is -2.17. The average Bonchev–Trinajstić information content (AvgIpc) is 3.19. The number of hydrogen-bond acceptors (Lipinski definition) is 4. The molecule has 1 atom stereocenters. The van der Waals surface area contributed by atoms with Crippen LogP contribution in [0, 0.1) is 0 Å². The summed E-state index contributed by atoms with van der Waals surface area (Å²) in [5, 5.41) is 11.9. The fourth-order valence-corrected chi connectivity index (χ4v) is 2.59. The van der Waals surface area contributed by atoms with Crippen molar-refractivity contribution >= 4 is 5.69 Å². The minimum atomic E-state index is 0.168. The Bertz CT molecular complexity index is 763. The number of aryl methyl sites for hydroxylation is 1. The van der Waals surface area contributed by atoms with Crippen molar-refractivity contribution in [3.63, 3.8) is 0 Å². The summed E-state index contributed by atoms with van der Waals surface area (Å²) in [6, 6.07) is 8.34. The van der Waals surface area contributed by atoms with Gasteiger partial charge in [0.2, 0.25) is 0 Å². The van der Waals surface area contributed by atoms with Crippen molar-refractivity contribution in [2.24, 2.45) is 7.05 Å². The highest BCUT2D eigenvalue weighted by Crippen LogP contribution is 2.26. The summed E-state index contributed by atoms with van der Waals surface area (Å²) in [6.45, 7) is 2.82. The molecular weight excluding hydrogens is 290 g/mol. The van der Waals surface area contributed by atoms with Gasteiger partial charge in [-0.1, -0.05) is 6.07 Å². The summed E-state index contributed by atoms with van der Waals surface area (Å²) >= 11 is 0. The van der Waals surface area contributed by atoms with Crippen molar-refractivity contribution < 1.29 is 4.74 Å². The summed E-state index contributed by atoms with van der Waals surface area (Å²) in [6.07, 6.45) is 7.52. The molecule has 120 valence electrons. The normalized spacial score (nSPS) is 12.1. The molecule has 1 unspecified atom stereocenters. The van der Waals surface area contributed by atoms with Crippen molar-refractivity contribution in [3.05, 3.63) is 60.2 Å². The Kier molecular flexibility index (Phi) is 4.32. The highest BCUT2D eigenvalue weighted by atomic mass is 16.5. The van der Waals surface area contributed by atoms with Crippen molar-refractivity contribution in [3.8, 4) is 5.75 Å². The van der Waals surface area contributed by atoms with Gasteiger partial charge in [0.25, 0.3) is 0 Å². The first-order valence-electron chi connectivity index (χ1n) is 7.55. The van der Waals surface area contributed by atoms with Crippen LogP contribution in [0.3, 0.4) is 0 Å². The van der Waals surface area contributed by atoms with Crippen molar-refractivity contribution in [1.82, 2.24) is 19.6 Å². The van der Waals surface area contributed by atoms with E-state index in [2.05, 4.69) is 34.6 Å². The number of nitrogens with one attached hydrogen (secondary N) is 1. The van der Waals surface area contributed by atoms with Crippen LogP contribution in [0.5, 0.6) is 5.75 Å². The number of hydrogen-bond donors (Lipinski definition) is 1. The van der Waals surface area contributed by atoms with Crippen LogP contribution in [0.2, 0.25) is 0 Å². The Morgan fingerprint density at radius 1 is 1.30 bits per heavy atom. The van der Waals surface area contributed by atoms with E-state index < -0.39 is 0 Å². The first-order chi connectivity index (χ1) is 11.2. The maximum Gasteiger partial charge on any atom is 0.123 e. The highest BCUT2D eigenvalue weighted by Gasteiger charge is 2.11. The lowest BCUT2D eigenvalue weighted by Crippen LogP contribution is -2.08. The fourth-order valence-electron chi connectivity index (χ4n) is 2.59. The molecule has 0 aliphatic carbocycles. The number of benzene rings is 1. The van der Waals surface area contributed by atoms with Gasteiger partial charge in [0.15, 0.2) is 0 Å². The predicted molar refractivity (Wildman–Crippen MR) is 89.6 cm³/mol. The monoisotopic (exact) mass is 311 g/mol. The molecule has 1 aromatic carbocycles. The van der Waals surface area contributed by atoms with Crippen molar-refractivity contribution in [1.29, 1.82) is 0 Å². The zero-order chi connectivity index (χ0) is 16.2. The zero-order valence-electron chi connectivity index (χ0n) is 13.6. The van der Waals surface area contributed by atoms with Gasteiger partial charge in [-0.15, -0.1) is 0 Å². The van der Waals surface area contributed by atoms with Gasteiger partial charge in [-0.3, -0.25) is 9.36 Å². The van der Waals surface area contributed by atoms with E-state index in [9.17, 15) is 0 Å². The summed E-state index contributed by atoms with van der Waals surface area (Å²) in [7, 11) is 3.60. The second-order valence-corrected chi connectivity index (χ2v) is 5.54. The van der Waals surface area contributed by atoms with E-state index in [1.165, 1.54) is 5.56 Å². The minimum absolute atomic E-state index is 0.168. The van der Waals surface area contributed by atoms with E-state index in [1.54, 1.807) is 18.0 Å². The molecule has 0 bridgehead atoms. The average molecular weight is 311 g/mol. The van der Waals surface area contributed by atoms with Crippen molar-refractivity contribution in [2.45, 2.75) is 19.5 Å². The second kappa shape index (κ2) is 6.56. The molecule has 0 aliphatic rings. The van der Waals surface area contributed by atoms with Gasteiger partial charge in [-0.05, 0) is 30.7 Å². The maximum absolute atomic E-state index is 5.48. The van der Waals surface area contributed by atoms with E-state index in [1.807, 2.05) is 42.5 Å². The lowest BCUT2D eigenvalue weighted by molar-refractivity contribution is 0.407. The van der Waals surface area contributed by atoms with Gasteiger partial charge in [0.05, 0.1) is 25.5 Å². The Labute approximate surface area is 135 Å². The molecule has 0 aliphatic heterocycles. The van der Waals surface area contributed by atoms with Crippen molar-refractivity contribution in [2.75, 3.05) is 12.4 Å². The molecule has 0 radical (unpaired) electrons. The van der Waals surface area contributed by atoms with Crippen LogP contribution in [-0.4, -0.2) is 26.7 Å². The molecule has 2 aromatic heterocycles. The predicted octanol–water partition coefficient (Wildman–Crippen LogP) is 2.85. The van der Waals surface area contributed by atoms with Crippen LogP contribution < -0.4 is 10.1 Å². The van der Waals surface area contributed by atoms with E-state index in [0.717, 1.165) is 17.0 Å². The largest absolute Gasteiger partial charge is 0.496 e. The molecular formula is C17H21N5O. The molecule has 3 aromatic rings. The SMILES string of the molecule is COc1ccc(C(C)Nc2cnn(C)c2)cc1Cn1cccn1. The van der Waals surface area contributed by atoms with Crippen LogP contribution in [-0.2, 0) is 13.6 Å². The molecule has 2 heterocycles. The number of methoxy groups -OCH3 is 1. The molecule has 0 saturated carbocycles. The molecule has 3 rings (SSSR count). The van der Waals surface area contributed by atoms with E-state index in [0.29, 0.717) is 6.54 Å². The number of anilines is 1. The van der Waals surface area contributed by atoms with E-state index >= 15 is 0 Å². The summed E-state index contributed by atoms with van der Waals surface area (Å²) in [4.78, 5) is 0. The van der Waals surface area contributed by atoms with Crippen LogP contribution in [0.15, 0.2) is 49.1 Å². The van der Waals surface area contributed by atoms with Gasteiger partial charge in [-0.2, -0.15) is 10.2 Å². The Hall–Kier alpha value is -2.76. The first kappa shape index (κ1) is 15.1. The summed E-state index contributed by atoms with van der Waals surface area (Å²) < 4.78 is 9.15. The van der Waals surface area contributed by atoms with E-state index in [4.69, 9.17) is 4.74 Å². The van der Waals surface area contributed by atoms with Gasteiger partial charge in [-0.25, -0.2) is 0 Å². The Morgan fingerprint density at radius 2 is 2.17 bits per heavy atom. The fraction of sp³-hybridized carbons (Fsp3) is 0.294. The molecule has 0 amide bonds. The topological polar surface area (TPSA) is 56.9 Å². The number of ether oxygens (including phenoxy) is 1. The van der Waals surface area contributed by atoms with Gasteiger partial charge >= 0.3 is 0 Å². The molecule has 1 N–H and O–H groups in total. The number of rotatable bonds is 6. The smallest absolute Gasteiger partial charge is 0.123 e. The minimum Gasteiger partial charge on any atom is -0.496 e. The van der Waals surface area contributed by atoms with Crippen LogP contribution in [0.25, 0.3) is 0 Å². The molecule has 0 saturated heterocycles. The Morgan fingerprint density at radius 3 is 2.83 bits per heavy atom. The van der Waals surface area contributed by atoms with Crippen LogP contribution >= 0.6 is 0 Å². The Balaban J connectivity index is 1.81. The first-order valence-corrected chi connectivity index (χ1v) is 7.55. The number of aromatic nitrogens is 4. The third-order valence-electron chi connectivity index (χ3n) is 3.78. The van der Waals surface area contributed by atoms with Gasteiger partial charge < -0.3 is 10.1 Å². The number of nitrogens with zero attached hydrogens (tertiary/aromatic N) is 4. The highest BCUT2D eigenvalue weighted by molar-refractivity contribution is 5.44. The van der Waals surface area contributed by atoms with Gasteiger partial charge in [0, 0.05) is 37.2 Å². The zero-order valence-corrected chi connectivity index (χ0v) is 13.6. The lowest BCUT2D eigenvalue weighted by atomic mass is 10.0. The standard InChI is InChI=1S/C17H21N5O/c1-13(20-16-10-19-21(2)12-16)14-5-6-17(23-3)15(9-14)11-22-8-4-7-18-22/h4-10,12-13,20H,11H2,1-3H3. The maximum atomic E-state index is 5.48.